The minimum absolute atomic E-state index is 0.00975. The standard InChI is InChI=1S/C20H30N2O6/c1-14(2)13-28-20(24)22-8-6-21(7-9-22)18(23)12-15-10-16(25-3)19(27-5)17(11-15)26-4/h10-11,14H,6-9,12-13H2,1-5H3. The van der Waals surface area contributed by atoms with Gasteiger partial charge in [0.25, 0.3) is 0 Å². The molecule has 1 heterocycles. The summed E-state index contributed by atoms with van der Waals surface area (Å²) in [6, 6.07) is 3.55. The maximum absolute atomic E-state index is 12.7. The van der Waals surface area contributed by atoms with Crippen LogP contribution in [-0.4, -0.2) is 75.9 Å². The zero-order valence-electron chi connectivity index (χ0n) is 17.3. The van der Waals surface area contributed by atoms with Crippen molar-refractivity contribution in [2.75, 3.05) is 54.1 Å². The third-order valence-electron chi connectivity index (χ3n) is 4.51. The molecule has 0 radical (unpaired) electrons. The zero-order valence-corrected chi connectivity index (χ0v) is 17.3. The molecule has 2 rings (SSSR count). The Labute approximate surface area is 166 Å². The molecular formula is C20H30N2O6. The van der Waals surface area contributed by atoms with Crippen molar-refractivity contribution in [1.29, 1.82) is 0 Å². The van der Waals surface area contributed by atoms with Gasteiger partial charge in [-0.15, -0.1) is 0 Å². The molecule has 8 nitrogen and oxygen atoms in total. The van der Waals surface area contributed by atoms with Crippen LogP contribution in [0.5, 0.6) is 17.2 Å². The summed E-state index contributed by atoms with van der Waals surface area (Å²) < 4.78 is 21.2. The van der Waals surface area contributed by atoms with Crippen molar-refractivity contribution in [2.45, 2.75) is 20.3 Å². The summed E-state index contributed by atoms with van der Waals surface area (Å²) >= 11 is 0. The molecule has 1 aromatic carbocycles. The normalized spacial score (nSPS) is 14.1. The minimum atomic E-state index is -0.314. The second-order valence-electron chi connectivity index (χ2n) is 7.05. The van der Waals surface area contributed by atoms with E-state index in [9.17, 15) is 9.59 Å². The Morgan fingerprint density at radius 2 is 1.46 bits per heavy atom. The molecule has 2 amide bonds. The van der Waals surface area contributed by atoms with Crippen LogP contribution in [0.3, 0.4) is 0 Å². The molecule has 0 aromatic heterocycles. The Morgan fingerprint density at radius 3 is 1.93 bits per heavy atom. The maximum atomic E-state index is 12.7. The fourth-order valence-corrected chi connectivity index (χ4v) is 2.99. The van der Waals surface area contributed by atoms with E-state index in [2.05, 4.69) is 0 Å². The number of carbonyl (C=O) groups is 2. The second kappa shape index (κ2) is 10.1. The molecule has 0 N–H and O–H groups in total. The van der Waals surface area contributed by atoms with Gasteiger partial charge in [-0.05, 0) is 23.6 Å². The molecule has 0 saturated carbocycles. The highest BCUT2D eigenvalue weighted by atomic mass is 16.6. The van der Waals surface area contributed by atoms with Crippen molar-refractivity contribution in [3.63, 3.8) is 0 Å². The minimum Gasteiger partial charge on any atom is -0.493 e. The van der Waals surface area contributed by atoms with E-state index < -0.39 is 0 Å². The number of hydrogen-bond acceptors (Lipinski definition) is 6. The van der Waals surface area contributed by atoms with Crippen LogP contribution in [-0.2, 0) is 16.0 Å². The van der Waals surface area contributed by atoms with E-state index in [1.54, 1.807) is 36.2 Å². The first-order chi connectivity index (χ1) is 13.4. The van der Waals surface area contributed by atoms with Gasteiger partial charge in [0, 0.05) is 26.2 Å². The van der Waals surface area contributed by atoms with Gasteiger partial charge in [0.1, 0.15) is 0 Å². The largest absolute Gasteiger partial charge is 0.493 e. The molecule has 1 aliphatic rings. The van der Waals surface area contributed by atoms with E-state index in [-0.39, 0.29) is 18.4 Å². The van der Waals surface area contributed by atoms with E-state index in [1.165, 1.54) is 7.11 Å². The van der Waals surface area contributed by atoms with Crippen molar-refractivity contribution in [1.82, 2.24) is 9.80 Å². The van der Waals surface area contributed by atoms with Gasteiger partial charge in [-0.3, -0.25) is 4.79 Å². The third kappa shape index (κ3) is 5.43. The van der Waals surface area contributed by atoms with E-state index in [4.69, 9.17) is 18.9 Å². The Balaban J connectivity index is 1.95. The average molecular weight is 394 g/mol. The lowest BCUT2D eigenvalue weighted by Crippen LogP contribution is -2.51. The fourth-order valence-electron chi connectivity index (χ4n) is 2.99. The van der Waals surface area contributed by atoms with Crippen LogP contribution < -0.4 is 14.2 Å². The number of methoxy groups -OCH3 is 3. The monoisotopic (exact) mass is 394 g/mol. The zero-order chi connectivity index (χ0) is 20.7. The summed E-state index contributed by atoms with van der Waals surface area (Å²) in [4.78, 5) is 28.1. The predicted octanol–water partition coefficient (Wildman–Crippen LogP) is 2.19. The molecule has 156 valence electrons. The summed E-state index contributed by atoms with van der Waals surface area (Å²) in [6.07, 6.45) is -0.0976. The molecule has 0 unspecified atom stereocenters. The van der Waals surface area contributed by atoms with Crippen LogP contribution >= 0.6 is 0 Å². The van der Waals surface area contributed by atoms with Crippen molar-refractivity contribution < 1.29 is 28.5 Å². The van der Waals surface area contributed by atoms with Gasteiger partial charge < -0.3 is 28.7 Å². The summed E-state index contributed by atoms with van der Waals surface area (Å²) in [5.41, 5.74) is 0.776. The van der Waals surface area contributed by atoms with Crippen molar-refractivity contribution in [3.05, 3.63) is 17.7 Å². The number of piperazine rings is 1. The Kier molecular flexibility index (Phi) is 7.78. The summed E-state index contributed by atoms with van der Waals surface area (Å²) in [6.45, 7) is 6.30. The third-order valence-corrected chi connectivity index (χ3v) is 4.51. The van der Waals surface area contributed by atoms with Gasteiger partial charge in [-0.2, -0.15) is 0 Å². The van der Waals surface area contributed by atoms with Crippen molar-refractivity contribution in [3.8, 4) is 17.2 Å². The highest BCUT2D eigenvalue weighted by Crippen LogP contribution is 2.38. The predicted molar refractivity (Wildman–Crippen MR) is 104 cm³/mol. The van der Waals surface area contributed by atoms with Crippen LogP contribution in [0, 0.1) is 5.92 Å². The van der Waals surface area contributed by atoms with Crippen LogP contribution in [0.1, 0.15) is 19.4 Å². The van der Waals surface area contributed by atoms with E-state index in [0.717, 1.165) is 5.56 Å². The maximum Gasteiger partial charge on any atom is 0.409 e. The molecule has 1 aromatic rings. The molecular weight excluding hydrogens is 364 g/mol. The molecule has 0 spiro atoms. The van der Waals surface area contributed by atoms with E-state index >= 15 is 0 Å². The van der Waals surface area contributed by atoms with Gasteiger partial charge in [0.05, 0.1) is 34.4 Å². The lowest BCUT2D eigenvalue weighted by atomic mass is 10.1. The number of nitrogens with zero attached hydrogens (tertiary/aromatic N) is 2. The molecule has 8 heteroatoms. The van der Waals surface area contributed by atoms with Crippen LogP contribution in [0.25, 0.3) is 0 Å². The van der Waals surface area contributed by atoms with Gasteiger partial charge in [-0.1, -0.05) is 13.8 Å². The molecule has 0 atom stereocenters. The SMILES string of the molecule is COc1cc(CC(=O)N2CCN(C(=O)OCC(C)C)CC2)cc(OC)c1OC. The van der Waals surface area contributed by atoms with Gasteiger partial charge >= 0.3 is 6.09 Å². The van der Waals surface area contributed by atoms with E-state index in [0.29, 0.717) is 56.0 Å². The fraction of sp³-hybridized carbons (Fsp3) is 0.600. The molecule has 1 fully saturated rings. The Hall–Kier alpha value is -2.64. The average Bonchev–Trinajstić information content (AvgIpc) is 2.71. The lowest BCUT2D eigenvalue weighted by molar-refractivity contribution is -0.132. The smallest absolute Gasteiger partial charge is 0.409 e. The van der Waals surface area contributed by atoms with Crippen molar-refractivity contribution >= 4 is 12.0 Å². The lowest BCUT2D eigenvalue weighted by Gasteiger charge is -2.34. The first-order valence-electron chi connectivity index (χ1n) is 9.38. The molecule has 0 aliphatic carbocycles. The topological polar surface area (TPSA) is 77.5 Å². The number of amides is 2. The highest BCUT2D eigenvalue weighted by Gasteiger charge is 2.25. The quantitative estimate of drug-likeness (QED) is 0.706. The molecule has 28 heavy (non-hydrogen) atoms. The summed E-state index contributed by atoms with van der Waals surface area (Å²) in [5, 5.41) is 0. The molecule has 1 aliphatic heterocycles. The van der Waals surface area contributed by atoms with Crippen LogP contribution in [0.4, 0.5) is 4.79 Å². The first kappa shape index (κ1) is 21.7. The molecule has 1 saturated heterocycles. The second-order valence-corrected chi connectivity index (χ2v) is 7.05. The first-order valence-corrected chi connectivity index (χ1v) is 9.38. The van der Waals surface area contributed by atoms with Crippen LogP contribution in [0.15, 0.2) is 12.1 Å². The van der Waals surface area contributed by atoms with E-state index in [1.807, 2.05) is 13.8 Å². The van der Waals surface area contributed by atoms with Gasteiger partial charge in [0.2, 0.25) is 11.7 Å². The Bertz CT molecular complexity index is 658. The highest BCUT2D eigenvalue weighted by molar-refractivity contribution is 5.80. The number of rotatable bonds is 7. The van der Waals surface area contributed by atoms with Gasteiger partial charge in [-0.25, -0.2) is 4.79 Å². The number of benzene rings is 1. The van der Waals surface area contributed by atoms with Crippen LogP contribution in [0.2, 0.25) is 0 Å². The van der Waals surface area contributed by atoms with Gasteiger partial charge in [0.15, 0.2) is 11.5 Å². The number of ether oxygens (including phenoxy) is 4. The number of hydrogen-bond donors (Lipinski definition) is 0. The Morgan fingerprint density at radius 1 is 0.929 bits per heavy atom. The number of carbonyl (C=O) groups excluding carboxylic acids is 2. The molecule has 0 bridgehead atoms. The summed E-state index contributed by atoms with van der Waals surface area (Å²) in [5.74, 6) is 1.81. The summed E-state index contributed by atoms with van der Waals surface area (Å²) in [7, 11) is 4.62. The van der Waals surface area contributed by atoms with Crippen molar-refractivity contribution in [2.24, 2.45) is 5.92 Å².